The second kappa shape index (κ2) is 8.24. The maximum Gasteiger partial charge on any atom is 0.290 e. The van der Waals surface area contributed by atoms with Crippen LogP contribution >= 0.6 is 0 Å². The molecule has 2 aromatic rings. The molecule has 0 unspecified atom stereocenters. The molecular weight excluding hydrogens is 322 g/mol. The van der Waals surface area contributed by atoms with Crippen LogP contribution in [0.25, 0.3) is 0 Å². The highest BCUT2D eigenvalue weighted by Crippen LogP contribution is 2.18. The molecule has 1 aliphatic heterocycles. The van der Waals surface area contributed by atoms with Gasteiger partial charge in [0.05, 0.1) is 18.8 Å². The molecule has 0 aliphatic carbocycles. The number of likely N-dealkylation sites (tertiary alicyclic amines) is 1. The van der Waals surface area contributed by atoms with E-state index in [1.807, 2.05) is 6.92 Å². The number of amides is 1. The summed E-state index contributed by atoms with van der Waals surface area (Å²) in [5, 5.41) is 10.6. The molecule has 3 rings (SSSR count). The van der Waals surface area contributed by atoms with Crippen molar-refractivity contribution in [3.63, 3.8) is 0 Å². The number of nitrogens with zero attached hydrogens (tertiary/aromatic N) is 4. The average Bonchev–Trinajstić information content (AvgIpc) is 3.29. The molecule has 1 N–H and O–H groups in total. The van der Waals surface area contributed by atoms with Crippen molar-refractivity contribution >= 4 is 5.91 Å². The van der Waals surface area contributed by atoms with Gasteiger partial charge in [0.1, 0.15) is 0 Å². The average molecular weight is 347 g/mol. The molecule has 8 heteroatoms. The zero-order chi connectivity index (χ0) is 17.6. The van der Waals surface area contributed by atoms with Crippen LogP contribution in [0.1, 0.15) is 73.4 Å². The summed E-state index contributed by atoms with van der Waals surface area (Å²) in [7, 11) is 0. The van der Waals surface area contributed by atoms with E-state index < -0.39 is 0 Å². The third-order valence-electron chi connectivity index (χ3n) is 4.59. The van der Waals surface area contributed by atoms with Gasteiger partial charge in [0, 0.05) is 12.0 Å². The topological polar surface area (TPSA) is 97.3 Å². The SMILES string of the molecule is CC[C@H](C)c1cc(C(=O)NCc2nc(CN3CCCCC3)no2)on1. The summed E-state index contributed by atoms with van der Waals surface area (Å²) in [6.45, 7) is 7.12. The Labute approximate surface area is 146 Å². The lowest BCUT2D eigenvalue weighted by atomic mass is 10.1. The summed E-state index contributed by atoms with van der Waals surface area (Å²) >= 11 is 0. The van der Waals surface area contributed by atoms with E-state index in [0.717, 1.165) is 25.2 Å². The maximum atomic E-state index is 12.1. The van der Waals surface area contributed by atoms with Gasteiger partial charge in [-0.3, -0.25) is 9.69 Å². The summed E-state index contributed by atoms with van der Waals surface area (Å²) in [5.41, 5.74) is 0.786. The molecule has 0 saturated carbocycles. The minimum atomic E-state index is -0.335. The Balaban J connectivity index is 1.49. The van der Waals surface area contributed by atoms with Crippen molar-refractivity contribution in [3.05, 3.63) is 29.2 Å². The van der Waals surface area contributed by atoms with Crippen LogP contribution in [0.3, 0.4) is 0 Å². The Morgan fingerprint density at radius 1 is 1.28 bits per heavy atom. The Kier molecular flexibility index (Phi) is 5.80. The van der Waals surface area contributed by atoms with Crippen molar-refractivity contribution in [1.82, 2.24) is 25.5 Å². The molecule has 1 saturated heterocycles. The third kappa shape index (κ3) is 4.66. The molecule has 0 bridgehead atoms. The molecule has 136 valence electrons. The van der Waals surface area contributed by atoms with E-state index in [1.54, 1.807) is 6.07 Å². The van der Waals surface area contributed by atoms with Crippen LogP contribution in [0.2, 0.25) is 0 Å². The molecule has 0 radical (unpaired) electrons. The Bertz CT molecular complexity index is 690. The van der Waals surface area contributed by atoms with Gasteiger partial charge in [-0.25, -0.2) is 0 Å². The van der Waals surface area contributed by atoms with E-state index in [1.165, 1.54) is 19.3 Å². The van der Waals surface area contributed by atoms with Crippen LogP contribution in [0.4, 0.5) is 0 Å². The summed E-state index contributed by atoms with van der Waals surface area (Å²) in [6.07, 6.45) is 4.67. The first kappa shape index (κ1) is 17.6. The van der Waals surface area contributed by atoms with Crippen LogP contribution in [-0.2, 0) is 13.1 Å². The highest BCUT2D eigenvalue weighted by molar-refractivity contribution is 5.91. The number of hydrogen-bond acceptors (Lipinski definition) is 7. The van der Waals surface area contributed by atoms with Crippen molar-refractivity contribution < 1.29 is 13.8 Å². The zero-order valence-electron chi connectivity index (χ0n) is 14.8. The number of nitrogens with one attached hydrogen (secondary N) is 1. The Morgan fingerprint density at radius 2 is 2.08 bits per heavy atom. The molecule has 0 spiro atoms. The minimum absolute atomic E-state index is 0.172. The van der Waals surface area contributed by atoms with Crippen LogP contribution in [0, 0.1) is 0 Å². The van der Waals surface area contributed by atoms with Crippen LogP contribution in [-0.4, -0.2) is 39.2 Å². The standard InChI is InChI=1S/C17H25N5O3/c1-3-12(2)13-9-14(24-20-13)17(23)18-10-16-19-15(21-25-16)11-22-7-5-4-6-8-22/h9,12H,3-8,10-11H2,1-2H3,(H,18,23)/t12-/m0/s1. The summed E-state index contributed by atoms with van der Waals surface area (Å²) in [4.78, 5) is 18.8. The van der Waals surface area contributed by atoms with Gasteiger partial charge in [0.2, 0.25) is 11.7 Å². The van der Waals surface area contributed by atoms with Crippen LogP contribution in [0.15, 0.2) is 15.1 Å². The lowest BCUT2D eigenvalue weighted by Gasteiger charge is -2.24. The Morgan fingerprint density at radius 3 is 2.84 bits per heavy atom. The molecule has 3 heterocycles. The maximum absolute atomic E-state index is 12.1. The van der Waals surface area contributed by atoms with Gasteiger partial charge >= 0.3 is 0 Å². The van der Waals surface area contributed by atoms with Crippen molar-refractivity contribution in [2.45, 2.75) is 58.5 Å². The number of carbonyl (C=O) groups is 1. The molecule has 0 aromatic carbocycles. The fraction of sp³-hybridized carbons (Fsp3) is 0.647. The second-order valence-corrected chi connectivity index (χ2v) is 6.55. The molecule has 1 fully saturated rings. The van der Waals surface area contributed by atoms with Gasteiger partial charge < -0.3 is 14.4 Å². The van der Waals surface area contributed by atoms with Gasteiger partial charge in [-0.1, -0.05) is 30.6 Å². The fourth-order valence-electron chi connectivity index (χ4n) is 2.82. The zero-order valence-corrected chi connectivity index (χ0v) is 14.8. The van der Waals surface area contributed by atoms with Gasteiger partial charge in [-0.2, -0.15) is 4.98 Å². The molecule has 25 heavy (non-hydrogen) atoms. The second-order valence-electron chi connectivity index (χ2n) is 6.55. The third-order valence-corrected chi connectivity index (χ3v) is 4.59. The minimum Gasteiger partial charge on any atom is -0.351 e. The predicted octanol–water partition coefficient (Wildman–Crippen LogP) is 2.49. The first-order chi connectivity index (χ1) is 12.2. The van der Waals surface area contributed by atoms with Gasteiger partial charge in [-0.15, -0.1) is 0 Å². The van der Waals surface area contributed by atoms with Gasteiger partial charge in [0.25, 0.3) is 5.91 Å². The number of piperidine rings is 1. The summed E-state index contributed by atoms with van der Waals surface area (Å²) in [6, 6.07) is 1.68. The van der Waals surface area contributed by atoms with E-state index in [9.17, 15) is 4.79 Å². The number of carbonyl (C=O) groups excluding carboxylic acids is 1. The van der Waals surface area contributed by atoms with Gasteiger partial charge in [0.15, 0.2) is 5.82 Å². The van der Waals surface area contributed by atoms with Crippen molar-refractivity contribution in [1.29, 1.82) is 0 Å². The highest BCUT2D eigenvalue weighted by Gasteiger charge is 2.18. The smallest absolute Gasteiger partial charge is 0.290 e. The molecule has 2 aromatic heterocycles. The van der Waals surface area contributed by atoms with E-state index in [2.05, 4.69) is 32.4 Å². The summed E-state index contributed by atoms with van der Waals surface area (Å²) in [5.74, 6) is 1.17. The predicted molar refractivity (Wildman–Crippen MR) is 89.8 cm³/mol. The van der Waals surface area contributed by atoms with E-state index in [0.29, 0.717) is 18.3 Å². The largest absolute Gasteiger partial charge is 0.351 e. The van der Waals surface area contributed by atoms with E-state index in [4.69, 9.17) is 9.05 Å². The molecule has 8 nitrogen and oxygen atoms in total. The molecule has 1 aliphatic rings. The molecular formula is C17H25N5O3. The van der Waals surface area contributed by atoms with Crippen molar-refractivity contribution in [3.8, 4) is 0 Å². The van der Waals surface area contributed by atoms with Gasteiger partial charge in [-0.05, 0) is 32.4 Å². The number of aromatic nitrogens is 3. The monoisotopic (exact) mass is 347 g/mol. The lowest BCUT2D eigenvalue weighted by Crippen LogP contribution is -2.29. The molecule has 1 amide bonds. The van der Waals surface area contributed by atoms with E-state index in [-0.39, 0.29) is 24.1 Å². The number of hydrogen-bond donors (Lipinski definition) is 1. The van der Waals surface area contributed by atoms with Crippen molar-refractivity contribution in [2.75, 3.05) is 13.1 Å². The first-order valence-corrected chi connectivity index (χ1v) is 8.94. The first-order valence-electron chi connectivity index (χ1n) is 8.94. The van der Waals surface area contributed by atoms with E-state index >= 15 is 0 Å². The Hall–Kier alpha value is -2.22. The lowest BCUT2D eigenvalue weighted by molar-refractivity contribution is 0.0909. The van der Waals surface area contributed by atoms with Crippen LogP contribution in [0.5, 0.6) is 0 Å². The quantitative estimate of drug-likeness (QED) is 0.821. The van der Waals surface area contributed by atoms with Crippen molar-refractivity contribution in [2.24, 2.45) is 0 Å². The highest BCUT2D eigenvalue weighted by atomic mass is 16.5. The number of rotatable bonds is 7. The molecule has 1 atom stereocenters. The normalized spacial score (nSPS) is 16.7. The summed E-state index contributed by atoms with van der Waals surface area (Å²) < 4.78 is 10.3. The van der Waals surface area contributed by atoms with Crippen LogP contribution < -0.4 is 5.32 Å². The fourth-order valence-corrected chi connectivity index (χ4v) is 2.82.